The molecule has 0 saturated heterocycles. The Bertz CT molecular complexity index is 959. The summed E-state index contributed by atoms with van der Waals surface area (Å²) in [6.07, 6.45) is 0. The van der Waals surface area contributed by atoms with Crippen LogP contribution in [0.25, 0.3) is 32.3 Å². The SMILES string of the molecule is NC(=O)NCc1ccc2ccc3cccc4ccc1c2c34. The lowest BCUT2D eigenvalue weighted by Crippen LogP contribution is -2.28. The smallest absolute Gasteiger partial charge is 0.312 e. The Morgan fingerprint density at radius 3 is 2.19 bits per heavy atom. The van der Waals surface area contributed by atoms with E-state index in [0.29, 0.717) is 6.54 Å². The third-order valence-electron chi connectivity index (χ3n) is 4.07. The summed E-state index contributed by atoms with van der Waals surface area (Å²) in [5, 5.41) is 10.1. The van der Waals surface area contributed by atoms with Gasteiger partial charge in [0.2, 0.25) is 0 Å². The van der Waals surface area contributed by atoms with Gasteiger partial charge in [-0.3, -0.25) is 0 Å². The number of rotatable bonds is 2. The molecule has 0 radical (unpaired) electrons. The van der Waals surface area contributed by atoms with E-state index in [4.69, 9.17) is 5.73 Å². The van der Waals surface area contributed by atoms with E-state index in [-0.39, 0.29) is 0 Å². The molecule has 2 amide bonds. The summed E-state index contributed by atoms with van der Waals surface area (Å²) in [6, 6.07) is 18.6. The second-order valence-corrected chi connectivity index (χ2v) is 5.30. The van der Waals surface area contributed by atoms with Gasteiger partial charge in [-0.15, -0.1) is 0 Å². The molecule has 102 valence electrons. The molecule has 3 N–H and O–H groups in total. The number of primary amides is 1. The molecule has 0 unspecified atom stereocenters. The average molecular weight is 274 g/mol. The van der Waals surface area contributed by atoms with Crippen LogP contribution in [0.5, 0.6) is 0 Å². The van der Waals surface area contributed by atoms with E-state index in [1.54, 1.807) is 0 Å². The highest BCUT2D eigenvalue weighted by atomic mass is 16.2. The Labute approximate surface area is 121 Å². The van der Waals surface area contributed by atoms with Gasteiger partial charge in [0, 0.05) is 6.54 Å². The highest BCUT2D eigenvalue weighted by Crippen LogP contribution is 2.35. The molecule has 0 bridgehead atoms. The normalized spacial score (nSPS) is 11.4. The molecule has 21 heavy (non-hydrogen) atoms. The van der Waals surface area contributed by atoms with Crippen molar-refractivity contribution in [2.45, 2.75) is 6.54 Å². The molecule has 3 nitrogen and oxygen atoms in total. The molecule has 0 atom stereocenters. The molecule has 0 aromatic heterocycles. The Kier molecular flexibility index (Phi) is 2.48. The van der Waals surface area contributed by atoms with Gasteiger partial charge in [0.25, 0.3) is 0 Å². The second kappa shape index (κ2) is 4.35. The molecule has 0 saturated carbocycles. The van der Waals surface area contributed by atoms with Crippen LogP contribution in [-0.4, -0.2) is 6.03 Å². The largest absolute Gasteiger partial charge is 0.352 e. The molecule has 4 aromatic rings. The number of urea groups is 1. The van der Waals surface area contributed by atoms with Gasteiger partial charge in [-0.1, -0.05) is 54.6 Å². The van der Waals surface area contributed by atoms with Crippen LogP contribution in [0, 0.1) is 0 Å². The molecule has 0 aliphatic carbocycles. The zero-order valence-electron chi connectivity index (χ0n) is 11.4. The monoisotopic (exact) mass is 274 g/mol. The fraction of sp³-hybridized carbons (Fsp3) is 0.0556. The lowest BCUT2D eigenvalue weighted by Gasteiger charge is -2.13. The van der Waals surface area contributed by atoms with Crippen molar-refractivity contribution in [1.82, 2.24) is 5.32 Å². The van der Waals surface area contributed by atoms with Gasteiger partial charge in [-0.25, -0.2) is 4.79 Å². The number of nitrogens with two attached hydrogens (primary N) is 1. The Morgan fingerprint density at radius 2 is 1.48 bits per heavy atom. The number of nitrogens with one attached hydrogen (secondary N) is 1. The summed E-state index contributed by atoms with van der Waals surface area (Å²) >= 11 is 0. The molecule has 0 aliphatic heterocycles. The number of benzene rings is 4. The van der Waals surface area contributed by atoms with E-state index >= 15 is 0 Å². The topological polar surface area (TPSA) is 55.1 Å². The molecule has 4 rings (SSSR count). The van der Waals surface area contributed by atoms with Crippen LogP contribution < -0.4 is 11.1 Å². The van der Waals surface area contributed by atoms with Crippen LogP contribution in [-0.2, 0) is 6.54 Å². The van der Waals surface area contributed by atoms with Gasteiger partial charge in [-0.05, 0) is 37.9 Å². The number of carbonyl (C=O) groups is 1. The molecule has 4 aromatic carbocycles. The predicted molar refractivity (Wildman–Crippen MR) is 86.6 cm³/mol. The minimum atomic E-state index is -0.499. The Balaban J connectivity index is 2.08. The van der Waals surface area contributed by atoms with E-state index in [9.17, 15) is 4.79 Å². The van der Waals surface area contributed by atoms with Crippen molar-refractivity contribution >= 4 is 38.3 Å². The van der Waals surface area contributed by atoms with Crippen molar-refractivity contribution in [3.05, 3.63) is 60.2 Å². The van der Waals surface area contributed by atoms with Crippen molar-refractivity contribution in [1.29, 1.82) is 0 Å². The van der Waals surface area contributed by atoms with E-state index in [1.807, 2.05) is 0 Å². The molecule has 0 aliphatic rings. The summed E-state index contributed by atoms with van der Waals surface area (Å²) in [6.45, 7) is 0.448. The van der Waals surface area contributed by atoms with Crippen LogP contribution >= 0.6 is 0 Å². The van der Waals surface area contributed by atoms with Gasteiger partial charge >= 0.3 is 6.03 Å². The van der Waals surface area contributed by atoms with Crippen LogP contribution in [0.3, 0.4) is 0 Å². The molecule has 0 fully saturated rings. The van der Waals surface area contributed by atoms with Crippen LogP contribution in [0.15, 0.2) is 54.6 Å². The zero-order chi connectivity index (χ0) is 14.4. The summed E-state index contributed by atoms with van der Waals surface area (Å²) in [4.78, 5) is 11.0. The number of hydrogen-bond acceptors (Lipinski definition) is 1. The molecule has 0 heterocycles. The minimum Gasteiger partial charge on any atom is -0.352 e. The maximum atomic E-state index is 11.0. The van der Waals surface area contributed by atoms with Gasteiger partial charge in [0.15, 0.2) is 0 Å². The molecular weight excluding hydrogens is 260 g/mol. The fourth-order valence-corrected chi connectivity index (χ4v) is 3.13. The first-order chi connectivity index (χ1) is 10.2. The Morgan fingerprint density at radius 1 is 0.857 bits per heavy atom. The zero-order valence-corrected chi connectivity index (χ0v) is 11.4. The van der Waals surface area contributed by atoms with Crippen LogP contribution in [0.4, 0.5) is 4.79 Å². The van der Waals surface area contributed by atoms with Crippen molar-refractivity contribution in [3.8, 4) is 0 Å². The van der Waals surface area contributed by atoms with Gasteiger partial charge in [0.05, 0.1) is 0 Å². The lowest BCUT2D eigenvalue weighted by molar-refractivity contribution is 0.248. The predicted octanol–water partition coefficient (Wildman–Crippen LogP) is 3.75. The van der Waals surface area contributed by atoms with Gasteiger partial charge < -0.3 is 11.1 Å². The van der Waals surface area contributed by atoms with E-state index < -0.39 is 6.03 Å². The molecular formula is C18H14N2O. The lowest BCUT2D eigenvalue weighted by atomic mass is 9.92. The van der Waals surface area contributed by atoms with Crippen molar-refractivity contribution < 1.29 is 4.79 Å². The quantitative estimate of drug-likeness (QED) is 0.537. The first-order valence-electron chi connectivity index (χ1n) is 6.93. The molecule has 0 spiro atoms. The first-order valence-corrected chi connectivity index (χ1v) is 6.93. The highest BCUT2D eigenvalue weighted by Gasteiger charge is 2.10. The highest BCUT2D eigenvalue weighted by molar-refractivity contribution is 6.23. The third-order valence-corrected chi connectivity index (χ3v) is 4.07. The second-order valence-electron chi connectivity index (χ2n) is 5.30. The fourth-order valence-electron chi connectivity index (χ4n) is 3.13. The number of carbonyl (C=O) groups excluding carboxylic acids is 1. The van der Waals surface area contributed by atoms with Gasteiger partial charge in [-0.2, -0.15) is 0 Å². The van der Waals surface area contributed by atoms with Crippen LogP contribution in [0.2, 0.25) is 0 Å². The maximum Gasteiger partial charge on any atom is 0.312 e. The van der Waals surface area contributed by atoms with E-state index in [1.165, 1.54) is 32.3 Å². The minimum absolute atomic E-state index is 0.448. The summed E-state index contributed by atoms with van der Waals surface area (Å²) < 4.78 is 0. The van der Waals surface area contributed by atoms with E-state index in [0.717, 1.165) is 5.56 Å². The van der Waals surface area contributed by atoms with Crippen molar-refractivity contribution in [2.24, 2.45) is 5.73 Å². The third kappa shape index (κ3) is 1.78. The summed E-state index contributed by atoms with van der Waals surface area (Å²) in [7, 11) is 0. The average Bonchev–Trinajstić information content (AvgIpc) is 2.51. The van der Waals surface area contributed by atoms with Crippen LogP contribution in [0.1, 0.15) is 5.56 Å². The number of amides is 2. The number of hydrogen-bond donors (Lipinski definition) is 2. The summed E-state index contributed by atoms with van der Waals surface area (Å²) in [5.74, 6) is 0. The first kappa shape index (κ1) is 12.0. The van der Waals surface area contributed by atoms with Gasteiger partial charge in [0.1, 0.15) is 0 Å². The maximum absolute atomic E-state index is 11.0. The summed E-state index contributed by atoms with van der Waals surface area (Å²) in [5.41, 5.74) is 6.26. The standard InChI is InChI=1S/C18H14N2O/c19-18(21)20-10-14-7-6-13-5-4-11-2-1-3-12-8-9-15(14)17(13)16(11)12/h1-9H,10H2,(H3,19,20,21). The Hall–Kier alpha value is -2.81. The van der Waals surface area contributed by atoms with Crippen molar-refractivity contribution in [2.75, 3.05) is 0 Å². The van der Waals surface area contributed by atoms with Crippen molar-refractivity contribution in [3.63, 3.8) is 0 Å². The van der Waals surface area contributed by atoms with E-state index in [2.05, 4.69) is 59.9 Å². The molecule has 3 heteroatoms.